The zero-order valence-electron chi connectivity index (χ0n) is 20.5. The number of rotatable bonds is 6. The average molecular weight is 508 g/mol. The summed E-state index contributed by atoms with van der Waals surface area (Å²) in [6.45, 7) is 5.39. The molecule has 1 aromatic heterocycles. The number of ether oxygens (including phenoxy) is 1. The molecule has 2 aliphatic heterocycles. The van der Waals surface area contributed by atoms with Gasteiger partial charge in [-0.3, -0.25) is 9.59 Å². The number of nitrogens with zero attached hydrogens (tertiary/aromatic N) is 4. The van der Waals surface area contributed by atoms with Crippen molar-refractivity contribution in [3.8, 4) is 11.9 Å². The number of hydrogen-bond donors (Lipinski definition) is 1. The average Bonchev–Trinajstić information content (AvgIpc) is 3.31. The summed E-state index contributed by atoms with van der Waals surface area (Å²) < 4.78 is 6.20. The number of likely N-dealkylation sites (tertiary alicyclic amines) is 2. The molecule has 1 aromatic carbocycles. The van der Waals surface area contributed by atoms with E-state index in [0.717, 1.165) is 5.56 Å². The van der Waals surface area contributed by atoms with E-state index in [9.17, 15) is 14.9 Å². The summed E-state index contributed by atoms with van der Waals surface area (Å²) in [6.07, 6.45) is 3.71. The third kappa shape index (κ3) is 5.07. The molecular formula is C27H30ClN5O3. The summed E-state index contributed by atoms with van der Waals surface area (Å²) in [7, 11) is 0. The summed E-state index contributed by atoms with van der Waals surface area (Å²) in [5, 5.41) is 18.2. The summed E-state index contributed by atoms with van der Waals surface area (Å²) in [5.41, 5.74) is 0.696. The molecule has 2 aromatic rings. The number of nitriles is 1. The smallest absolute Gasteiger partial charge is 0.225 e. The van der Waals surface area contributed by atoms with Gasteiger partial charge in [0.05, 0.1) is 22.1 Å². The summed E-state index contributed by atoms with van der Waals surface area (Å²) >= 11 is 5.97. The van der Waals surface area contributed by atoms with Crippen molar-refractivity contribution in [3.05, 3.63) is 58.7 Å². The zero-order chi connectivity index (χ0) is 25.9. The summed E-state index contributed by atoms with van der Waals surface area (Å²) in [4.78, 5) is 33.2. The molecule has 36 heavy (non-hydrogen) atoms. The van der Waals surface area contributed by atoms with Crippen LogP contribution in [0, 0.1) is 28.1 Å². The molecule has 3 atom stereocenters. The molecule has 0 saturated carbocycles. The predicted molar refractivity (Wildman–Crippen MR) is 136 cm³/mol. The zero-order valence-corrected chi connectivity index (χ0v) is 21.2. The first kappa shape index (κ1) is 25.6. The molecule has 0 bridgehead atoms. The van der Waals surface area contributed by atoms with Gasteiger partial charge in [0.2, 0.25) is 17.7 Å². The standard InChI is InChI=1S/C27H30ClN5O3/c1-18(36-25-8-7-23(28)14-31-25)27(16-30)17-33(15-24(27)21-5-3-20(13-29)4-6-21)26(35)22-9-11-32(12-10-22)19(2)34/h3-8,14,16,18,22,24,30H,9-12,15,17H2,1-2H3/t18-,24+,27?/m0/s1. The molecule has 0 spiro atoms. The molecule has 2 fully saturated rings. The van der Waals surface area contributed by atoms with Gasteiger partial charge in [0, 0.05) is 63.4 Å². The number of pyridine rings is 1. The van der Waals surface area contributed by atoms with E-state index in [0.29, 0.717) is 55.5 Å². The molecule has 4 rings (SSSR count). The lowest BCUT2D eigenvalue weighted by atomic mass is 9.71. The Balaban J connectivity index is 1.61. The van der Waals surface area contributed by atoms with Crippen LogP contribution in [0.5, 0.6) is 5.88 Å². The van der Waals surface area contributed by atoms with Crippen LogP contribution in [0.1, 0.15) is 43.7 Å². The Morgan fingerprint density at radius 1 is 1.22 bits per heavy atom. The highest BCUT2D eigenvalue weighted by Crippen LogP contribution is 2.46. The summed E-state index contributed by atoms with van der Waals surface area (Å²) in [5.74, 6) is 0.127. The number of piperidine rings is 1. The van der Waals surface area contributed by atoms with E-state index >= 15 is 0 Å². The first-order chi connectivity index (χ1) is 17.3. The lowest BCUT2D eigenvalue weighted by molar-refractivity contribution is -0.139. The predicted octanol–water partition coefficient (Wildman–Crippen LogP) is 3.89. The second-order valence-electron chi connectivity index (χ2n) is 9.62. The molecule has 1 unspecified atom stereocenters. The second-order valence-corrected chi connectivity index (χ2v) is 10.1. The van der Waals surface area contributed by atoms with Crippen molar-refractivity contribution in [1.29, 1.82) is 10.7 Å². The molecule has 0 aliphatic carbocycles. The first-order valence-electron chi connectivity index (χ1n) is 12.1. The number of benzene rings is 1. The van der Waals surface area contributed by atoms with E-state index in [1.165, 1.54) is 12.4 Å². The van der Waals surface area contributed by atoms with Crippen LogP contribution in [-0.4, -0.2) is 65.1 Å². The van der Waals surface area contributed by atoms with Crippen LogP contribution >= 0.6 is 11.6 Å². The number of amides is 2. The van der Waals surface area contributed by atoms with Gasteiger partial charge in [0.15, 0.2) is 0 Å². The van der Waals surface area contributed by atoms with Gasteiger partial charge in [-0.1, -0.05) is 23.7 Å². The number of halogens is 1. The van der Waals surface area contributed by atoms with Crippen LogP contribution in [0.4, 0.5) is 0 Å². The van der Waals surface area contributed by atoms with Gasteiger partial charge < -0.3 is 19.9 Å². The fourth-order valence-electron chi connectivity index (χ4n) is 5.37. The fourth-order valence-corrected chi connectivity index (χ4v) is 5.48. The fraction of sp³-hybridized carbons (Fsp3) is 0.444. The molecule has 2 saturated heterocycles. The van der Waals surface area contributed by atoms with E-state index in [1.807, 2.05) is 24.0 Å². The van der Waals surface area contributed by atoms with Gasteiger partial charge in [-0.2, -0.15) is 5.26 Å². The third-order valence-electron chi connectivity index (χ3n) is 7.58. The number of hydrogen-bond acceptors (Lipinski definition) is 6. The molecule has 1 N–H and O–H groups in total. The van der Waals surface area contributed by atoms with Crippen LogP contribution in [0.2, 0.25) is 5.02 Å². The largest absolute Gasteiger partial charge is 0.474 e. The molecule has 2 amide bonds. The lowest BCUT2D eigenvalue weighted by Crippen LogP contribution is -2.46. The molecule has 9 heteroatoms. The minimum Gasteiger partial charge on any atom is -0.474 e. The first-order valence-corrected chi connectivity index (χ1v) is 12.5. The topological polar surface area (TPSA) is 110 Å². The van der Waals surface area contributed by atoms with Crippen molar-refractivity contribution in [2.45, 2.75) is 38.7 Å². The van der Waals surface area contributed by atoms with E-state index in [4.69, 9.17) is 21.7 Å². The van der Waals surface area contributed by atoms with Gasteiger partial charge in [-0.15, -0.1) is 0 Å². The van der Waals surface area contributed by atoms with Crippen LogP contribution in [-0.2, 0) is 9.59 Å². The minimum absolute atomic E-state index is 0.0348. The van der Waals surface area contributed by atoms with Crippen LogP contribution in [0.25, 0.3) is 0 Å². The maximum absolute atomic E-state index is 13.6. The van der Waals surface area contributed by atoms with E-state index in [2.05, 4.69) is 11.1 Å². The summed E-state index contributed by atoms with van der Waals surface area (Å²) in [6, 6.07) is 12.8. The van der Waals surface area contributed by atoms with Gasteiger partial charge in [-0.25, -0.2) is 4.98 Å². The Morgan fingerprint density at radius 2 is 1.92 bits per heavy atom. The number of carbonyl (C=O) groups is 2. The molecule has 2 aliphatic rings. The number of carbonyl (C=O) groups excluding carboxylic acids is 2. The van der Waals surface area contributed by atoms with Crippen LogP contribution in [0.15, 0.2) is 42.6 Å². The monoisotopic (exact) mass is 507 g/mol. The van der Waals surface area contributed by atoms with Crippen LogP contribution in [0.3, 0.4) is 0 Å². The van der Waals surface area contributed by atoms with Crippen molar-refractivity contribution in [3.63, 3.8) is 0 Å². The maximum Gasteiger partial charge on any atom is 0.225 e. The highest BCUT2D eigenvalue weighted by Gasteiger charge is 2.53. The van der Waals surface area contributed by atoms with Crippen molar-refractivity contribution in [2.24, 2.45) is 11.3 Å². The Morgan fingerprint density at radius 3 is 2.47 bits per heavy atom. The van der Waals surface area contributed by atoms with Gasteiger partial charge >= 0.3 is 0 Å². The maximum atomic E-state index is 13.6. The molecule has 3 heterocycles. The lowest BCUT2D eigenvalue weighted by Gasteiger charge is -2.36. The molecule has 8 nitrogen and oxygen atoms in total. The van der Waals surface area contributed by atoms with Gasteiger partial charge in [0.1, 0.15) is 6.10 Å². The van der Waals surface area contributed by atoms with Crippen molar-refractivity contribution >= 4 is 29.6 Å². The Bertz CT molecular complexity index is 1160. The van der Waals surface area contributed by atoms with Crippen molar-refractivity contribution in [1.82, 2.24) is 14.8 Å². The minimum atomic E-state index is -0.800. The quantitative estimate of drug-likeness (QED) is 0.596. The highest BCUT2D eigenvalue weighted by atomic mass is 35.5. The molecule has 188 valence electrons. The Kier molecular flexibility index (Phi) is 7.60. The van der Waals surface area contributed by atoms with Crippen molar-refractivity contribution < 1.29 is 14.3 Å². The number of nitrogens with one attached hydrogen (secondary N) is 1. The normalized spacial score (nSPS) is 23.1. The third-order valence-corrected chi connectivity index (χ3v) is 7.81. The van der Waals surface area contributed by atoms with E-state index in [-0.39, 0.29) is 23.7 Å². The van der Waals surface area contributed by atoms with E-state index in [1.54, 1.807) is 36.1 Å². The van der Waals surface area contributed by atoms with E-state index < -0.39 is 11.5 Å². The van der Waals surface area contributed by atoms with Gasteiger partial charge in [-0.05, 0) is 43.5 Å². The SMILES string of the molecule is CC(=O)N1CCC(C(=O)N2C[C@H](c3ccc(C#N)cc3)C(C=N)([C@H](C)Oc3ccc(Cl)cn3)C2)CC1. The van der Waals surface area contributed by atoms with Crippen molar-refractivity contribution in [2.75, 3.05) is 26.2 Å². The van der Waals surface area contributed by atoms with Crippen LogP contribution < -0.4 is 4.74 Å². The molecule has 0 radical (unpaired) electrons. The Hall–Kier alpha value is -3.44. The number of aromatic nitrogens is 1. The Labute approximate surface area is 216 Å². The highest BCUT2D eigenvalue weighted by molar-refractivity contribution is 6.30. The van der Waals surface area contributed by atoms with Gasteiger partial charge in [0.25, 0.3) is 0 Å². The molecular weight excluding hydrogens is 478 g/mol. The second kappa shape index (κ2) is 10.7.